The Bertz CT molecular complexity index is 664. The summed E-state index contributed by atoms with van der Waals surface area (Å²) in [5, 5.41) is 2.43. The van der Waals surface area contributed by atoms with Gasteiger partial charge in [0, 0.05) is 13.2 Å². The maximum atomic E-state index is 6.81. The summed E-state index contributed by atoms with van der Waals surface area (Å²) in [6.45, 7) is 8.37. The molecule has 0 aliphatic carbocycles. The first kappa shape index (κ1) is 27.8. The summed E-state index contributed by atoms with van der Waals surface area (Å²) >= 11 is 0. The van der Waals surface area contributed by atoms with E-state index in [0.717, 1.165) is 26.1 Å². The van der Waals surface area contributed by atoms with Crippen LogP contribution < -0.4 is 10.4 Å². The van der Waals surface area contributed by atoms with Gasteiger partial charge in [0.15, 0.2) is 0 Å². The lowest BCUT2D eigenvalue weighted by molar-refractivity contribution is 0.178. The van der Waals surface area contributed by atoms with Crippen LogP contribution >= 0.6 is 0 Å². The number of hydrogen-bond donors (Lipinski definition) is 0. The van der Waals surface area contributed by atoms with Crippen molar-refractivity contribution >= 4 is 18.9 Å². The molecule has 0 fully saturated rings. The summed E-state index contributed by atoms with van der Waals surface area (Å²) in [6.07, 6.45) is 15.6. The summed E-state index contributed by atoms with van der Waals surface area (Å²) in [4.78, 5) is 0. The minimum atomic E-state index is -2.72. The lowest BCUT2D eigenvalue weighted by Gasteiger charge is -2.32. The molecule has 0 N–H and O–H groups in total. The molecule has 184 valence electrons. The van der Waals surface area contributed by atoms with E-state index in [9.17, 15) is 0 Å². The van der Waals surface area contributed by atoms with Crippen LogP contribution in [0.4, 0.5) is 0 Å². The van der Waals surface area contributed by atoms with Crippen LogP contribution in [-0.4, -0.2) is 21.8 Å². The first-order chi connectivity index (χ1) is 16.2. The number of unbranched alkanes of at least 4 members (excludes halogenated alkanes) is 9. The summed E-state index contributed by atoms with van der Waals surface area (Å²) in [5.74, 6) is 0.671. The molecule has 1 unspecified atom stereocenters. The molecule has 0 amide bonds. The molecule has 1 atom stereocenters. The molecule has 0 aliphatic rings. The highest BCUT2D eigenvalue weighted by Gasteiger charge is 2.42. The van der Waals surface area contributed by atoms with Crippen molar-refractivity contribution in [2.24, 2.45) is 5.92 Å². The summed E-state index contributed by atoms with van der Waals surface area (Å²) in [7, 11) is -2.72. The van der Waals surface area contributed by atoms with Gasteiger partial charge in [0.25, 0.3) is 0 Å². The van der Waals surface area contributed by atoms with Crippen molar-refractivity contribution in [1.82, 2.24) is 0 Å². The Balaban J connectivity index is 1.95. The molecule has 0 heterocycles. The number of benzene rings is 2. The lowest BCUT2D eigenvalue weighted by Crippen LogP contribution is -2.63. The zero-order valence-electron chi connectivity index (χ0n) is 21.6. The van der Waals surface area contributed by atoms with Crippen LogP contribution in [0.25, 0.3) is 0 Å². The second-order valence-electron chi connectivity index (χ2n) is 9.53. The molecule has 0 saturated heterocycles. The average molecular weight is 469 g/mol. The van der Waals surface area contributed by atoms with Crippen molar-refractivity contribution in [3.8, 4) is 0 Å². The standard InChI is InChI=1S/C30H48O2Si/c1-4-6-7-8-9-10-11-12-13-20-26-31-33(29-21-16-14-17-22-29,30-23-18-15-19-24-30)32-27-25-28(3)5-2/h14-19,21-24,28H,4-13,20,25-27H2,1-3H3. The zero-order chi connectivity index (χ0) is 23.6. The lowest BCUT2D eigenvalue weighted by atomic mass is 10.1. The molecule has 0 spiro atoms. The molecular formula is C30H48O2Si. The molecule has 2 aromatic carbocycles. The van der Waals surface area contributed by atoms with Crippen molar-refractivity contribution in [3.05, 3.63) is 60.7 Å². The van der Waals surface area contributed by atoms with Crippen LogP contribution in [0.5, 0.6) is 0 Å². The van der Waals surface area contributed by atoms with Crippen LogP contribution in [-0.2, 0) is 8.85 Å². The van der Waals surface area contributed by atoms with E-state index < -0.39 is 8.56 Å². The third-order valence-electron chi connectivity index (χ3n) is 6.72. The van der Waals surface area contributed by atoms with Gasteiger partial charge in [-0.25, -0.2) is 0 Å². The molecule has 0 aromatic heterocycles. The zero-order valence-corrected chi connectivity index (χ0v) is 22.6. The third kappa shape index (κ3) is 10.2. The van der Waals surface area contributed by atoms with Crippen molar-refractivity contribution < 1.29 is 8.85 Å². The Labute approximate surface area is 205 Å². The van der Waals surface area contributed by atoms with Crippen LogP contribution in [0, 0.1) is 5.92 Å². The minimum absolute atomic E-state index is 0.671. The average Bonchev–Trinajstić information content (AvgIpc) is 2.87. The molecule has 2 rings (SSSR count). The second-order valence-corrected chi connectivity index (χ2v) is 12.5. The molecule has 3 heteroatoms. The smallest absolute Gasteiger partial charge is 0.388 e. The van der Waals surface area contributed by atoms with Gasteiger partial charge in [0.1, 0.15) is 0 Å². The predicted molar refractivity (Wildman–Crippen MR) is 146 cm³/mol. The first-order valence-electron chi connectivity index (χ1n) is 13.6. The van der Waals surface area contributed by atoms with Gasteiger partial charge in [-0.15, -0.1) is 0 Å². The molecule has 0 saturated carbocycles. The third-order valence-corrected chi connectivity index (χ3v) is 10.1. The Hall–Kier alpha value is -1.42. The van der Waals surface area contributed by atoms with Crippen LogP contribution in [0.1, 0.15) is 97.8 Å². The maximum absolute atomic E-state index is 6.81. The first-order valence-corrected chi connectivity index (χ1v) is 15.4. The highest BCUT2D eigenvalue weighted by molar-refractivity contribution is 6.92. The van der Waals surface area contributed by atoms with E-state index in [1.54, 1.807) is 0 Å². The minimum Gasteiger partial charge on any atom is -0.388 e. The predicted octanol–water partition coefficient (Wildman–Crippen LogP) is 7.63. The van der Waals surface area contributed by atoms with Gasteiger partial charge in [-0.2, -0.15) is 0 Å². The molecule has 2 aromatic rings. The van der Waals surface area contributed by atoms with E-state index in [4.69, 9.17) is 8.85 Å². The molecule has 0 radical (unpaired) electrons. The van der Waals surface area contributed by atoms with Crippen molar-refractivity contribution in [2.45, 2.75) is 97.8 Å². The topological polar surface area (TPSA) is 18.5 Å². The largest absolute Gasteiger partial charge is 0.407 e. The number of rotatable bonds is 19. The van der Waals surface area contributed by atoms with Crippen molar-refractivity contribution in [3.63, 3.8) is 0 Å². The van der Waals surface area contributed by atoms with E-state index in [0.29, 0.717) is 5.92 Å². The van der Waals surface area contributed by atoms with E-state index in [1.807, 2.05) is 0 Å². The van der Waals surface area contributed by atoms with Gasteiger partial charge in [0.05, 0.1) is 0 Å². The highest BCUT2D eigenvalue weighted by atomic mass is 28.4. The summed E-state index contributed by atoms with van der Waals surface area (Å²) in [5.41, 5.74) is 0. The fourth-order valence-corrected chi connectivity index (χ4v) is 7.45. The Morgan fingerprint density at radius 3 is 1.55 bits per heavy atom. The Morgan fingerprint density at radius 1 is 0.606 bits per heavy atom. The van der Waals surface area contributed by atoms with Crippen molar-refractivity contribution in [1.29, 1.82) is 0 Å². The highest BCUT2D eigenvalue weighted by Crippen LogP contribution is 2.16. The second kappa shape index (κ2) is 17.1. The maximum Gasteiger partial charge on any atom is 0.407 e. The molecule has 0 aliphatic heterocycles. The van der Waals surface area contributed by atoms with Gasteiger partial charge >= 0.3 is 8.56 Å². The van der Waals surface area contributed by atoms with Crippen LogP contribution in [0.2, 0.25) is 0 Å². The SMILES string of the molecule is CCCCCCCCCCCCO[Si](OCCC(C)CC)(c1ccccc1)c1ccccc1. The normalized spacial score (nSPS) is 12.7. The Morgan fingerprint density at radius 2 is 1.06 bits per heavy atom. The molecular weight excluding hydrogens is 420 g/mol. The summed E-state index contributed by atoms with van der Waals surface area (Å²) in [6, 6.07) is 21.4. The van der Waals surface area contributed by atoms with E-state index in [-0.39, 0.29) is 0 Å². The van der Waals surface area contributed by atoms with Crippen LogP contribution in [0.3, 0.4) is 0 Å². The van der Waals surface area contributed by atoms with Crippen molar-refractivity contribution in [2.75, 3.05) is 13.2 Å². The molecule has 33 heavy (non-hydrogen) atoms. The van der Waals surface area contributed by atoms with Gasteiger partial charge in [0.2, 0.25) is 0 Å². The van der Waals surface area contributed by atoms with Gasteiger partial charge in [-0.1, -0.05) is 146 Å². The molecule has 0 bridgehead atoms. The van der Waals surface area contributed by atoms with E-state index in [1.165, 1.54) is 74.6 Å². The molecule has 2 nitrogen and oxygen atoms in total. The van der Waals surface area contributed by atoms with Gasteiger partial charge < -0.3 is 8.85 Å². The van der Waals surface area contributed by atoms with Gasteiger partial charge in [-0.05, 0) is 29.1 Å². The van der Waals surface area contributed by atoms with Crippen LogP contribution in [0.15, 0.2) is 60.7 Å². The Kier molecular flexibility index (Phi) is 14.4. The number of hydrogen-bond acceptors (Lipinski definition) is 2. The monoisotopic (exact) mass is 468 g/mol. The van der Waals surface area contributed by atoms with Gasteiger partial charge in [-0.3, -0.25) is 0 Å². The van der Waals surface area contributed by atoms with E-state index in [2.05, 4.69) is 81.4 Å². The quantitative estimate of drug-likeness (QED) is 0.156. The fourth-order valence-electron chi connectivity index (χ4n) is 4.27. The fraction of sp³-hybridized carbons (Fsp3) is 0.600. The van der Waals surface area contributed by atoms with E-state index >= 15 is 0 Å². The summed E-state index contributed by atoms with van der Waals surface area (Å²) < 4.78 is 13.6.